The average Bonchev–Trinajstić information content (AvgIpc) is 3.68. The van der Waals surface area contributed by atoms with E-state index in [0.717, 1.165) is 25.7 Å². The standard InChI is InChI=1S/C66H70BN3/c1-60(2,3)43-23-20-24-46(35-43)68-55-38-44(61(4,5)6)29-30-52(55)67-53-37-45(62(7,8)9)36-51-59(53)70(66(13)49-26-17-15-22-42(49)32-34-64(51,66)11)57-40-47(39-56(68)58(57)67)69-54-28-19-18-27-50(54)63(10)33-31-41-21-14-16-25-48(41)65(63,69)12/h14-30,35-40H,31-34H2,1-13H3. The van der Waals surface area contributed by atoms with Gasteiger partial charge >= 0.3 is 0 Å². The molecule has 4 atom stereocenters. The molecule has 6 aliphatic rings. The summed E-state index contributed by atoms with van der Waals surface area (Å²) in [5, 5.41) is 0. The van der Waals surface area contributed by atoms with E-state index < -0.39 is 0 Å². The molecular formula is C66H70BN3. The lowest BCUT2D eigenvalue weighted by Crippen LogP contribution is -2.64. The molecule has 7 aromatic rings. The topological polar surface area (TPSA) is 9.72 Å². The van der Waals surface area contributed by atoms with Gasteiger partial charge in [0.2, 0.25) is 0 Å². The maximum absolute atomic E-state index is 2.91. The van der Waals surface area contributed by atoms with E-state index in [2.05, 4.69) is 244 Å². The average molecular weight is 916 g/mol. The SMILES string of the molecule is CC(C)(C)c1cccc(N2c3cc(C(C)(C)C)ccc3B3c4cc(C(C)(C)C)cc5c4N(c4cc(N6c7ccccc7C7(C)CCc8ccccc8C67C)cc2c43)C2(C)c3ccccc3CCC52C)c1. The molecule has 0 radical (unpaired) electrons. The molecular weight excluding hydrogens is 846 g/mol. The summed E-state index contributed by atoms with van der Waals surface area (Å²) in [4.78, 5) is 8.42. The van der Waals surface area contributed by atoms with Gasteiger partial charge in [-0.25, -0.2) is 0 Å². The molecule has 2 aliphatic carbocycles. The van der Waals surface area contributed by atoms with Crippen molar-refractivity contribution in [3.63, 3.8) is 0 Å². The molecule has 0 N–H and O–H groups in total. The van der Waals surface area contributed by atoms with Gasteiger partial charge in [-0.05, 0) is 159 Å². The molecule has 13 rings (SSSR count). The molecule has 4 unspecified atom stereocenters. The molecule has 0 spiro atoms. The zero-order valence-corrected chi connectivity index (χ0v) is 44.0. The minimum Gasteiger partial charge on any atom is -0.331 e. The van der Waals surface area contributed by atoms with Crippen LogP contribution in [0.15, 0.2) is 140 Å². The van der Waals surface area contributed by atoms with Crippen LogP contribution in [0.2, 0.25) is 0 Å². The Morgan fingerprint density at radius 3 is 1.61 bits per heavy atom. The maximum Gasteiger partial charge on any atom is 0.252 e. The van der Waals surface area contributed by atoms with Gasteiger partial charge in [-0.3, -0.25) is 0 Å². The molecule has 4 heteroatoms. The first-order valence-corrected chi connectivity index (χ1v) is 26.4. The Labute approximate surface area is 419 Å². The summed E-state index contributed by atoms with van der Waals surface area (Å²) < 4.78 is 0. The molecule has 0 aromatic heterocycles. The van der Waals surface area contributed by atoms with Crippen molar-refractivity contribution in [3.8, 4) is 0 Å². The number of nitrogens with zero attached hydrogens (tertiary/aromatic N) is 3. The largest absolute Gasteiger partial charge is 0.331 e. The van der Waals surface area contributed by atoms with Crippen molar-refractivity contribution in [3.05, 3.63) is 190 Å². The highest BCUT2D eigenvalue weighted by Crippen LogP contribution is 2.67. The van der Waals surface area contributed by atoms with E-state index in [1.165, 1.54) is 106 Å². The van der Waals surface area contributed by atoms with E-state index in [1.807, 2.05) is 0 Å². The van der Waals surface area contributed by atoms with Crippen molar-refractivity contribution < 1.29 is 0 Å². The second kappa shape index (κ2) is 13.9. The molecule has 352 valence electrons. The predicted octanol–water partition coefficient (Wildman–Crippen LogP) is 14.7. The Bertz CT molecular complexity index is 3400. The first kappa shape index (κ1) is 44.0. The van der Waals surface area contributed by atoms with Crippen LogP contribution < -0.4 is 31.1 Å². The van der Waals surface area contributed by atoms with Gasteiger partial charge < -0.3 is 14.7 Å². The van der Waals surface area contributed by atoms with Gasteiger partial charge in [0.05, 0.1) is 11.1 Å². The number of benzene rings is 7. The second-order valence-corrected chi connectivity index (χ2v) is 26.0. The minimum absolute atomic E-state index is 0.0277. The number of rotatable bonds is 2. The van der Waals surface area contributed by atoms with Crippen LogP contribution in [0.3, 0.4) is 0 Å². The van der Waals surface area contributed by atoms with Crippen LogP contribution in [0, 0.1) is 0 Å². The first-order valence-electron chi connectivity index (χ1n) is 26.4. The summed E-state index contributed by atoms with van der Waals surface area (Å²) in [6.07, 6.45) is 4.33. The van der Waals surface area contributed by atoms with Gasteiger partial charge in [-0.1, -0.05) is 179 Å². The number of hydrogen-bond acceptors (Lipinski definition) is 3. The normalized spacial score (nSPS) is 24.5. The minimum atomic E-state index is -0.362. The highest BCUT2D eigenvalue weighted by molar-refractivity contribution is 7.00. The van der Waals surface area contributed by atoms with Crippen molar-refractivity contribution in [2.45, 2.75) is 154 Å². The fourth-order valence-corrected chi connectivity index (χ4v) is 15.0. The van der Waals surface area contributed by atoms with Crippen LogP contribution in [0.25, 0.3) is 0 Å². The fourth-order valence-electron chi connectivity index (χ4n) is 15.0. The van der Waals surface area contributed by atoms with Crippen molar-refractivity contribution in [2.75, 3.05) is 14.7 Å². The Morgan fingerprint density at radius 2 is 0.971 bits per heavy atom. The van der Waals surface area contributed by atoms with E-state index in [4.69, 9.17) is 0 Å². The smallest absolute Gasteiger partial charge is 0.252 e. The molecule has 0 amide bonds. The Hall–Kier alpha value is -6.00. The van der Waals surface area contributed by atoms with Crippen molar-refractivity contribution >= 4 is 62.9 Å². The number of fused-ring (bicyclic) bond motifs is 14. The van der Waals surface area contributed by atoms with Crippen molar-refractivity contribution in [1.29, 1.82) is 0 Å². The lowest BCUT2D eigenvalue weighted by Gasteiger charge is -2.54. The van der Waals surface area contributed by atoms with Gasteiger partial charge in [0.15, 0.2) is 0 Å². The van der Waals surface area contributed by atoms with E-state index >= 15 is 0 Å². The summed E-state index contributed by atoms with van der Waals surface area (Å²) >= 11 is 0. The molecule has 70 heavy (non-hydrogen) atoms. The van der Waals surface area contributed by atoms with Crippen LogP contribution in [-0.2, 0) is 51.0 Å². The Balaban J connectivity index is 1.21. The molecule has 0 bridgehead atoms. The first-order chi connectivity index (χ1) is 33.1. The number of para-hydroxylation sites is 1. The number of hydrogen-bond donors (Lipinski definition) is 0. The van der Waals surface area contributed by atoms with Gasteiger partial charge in [0, 0.05) is 50.6 Å². The summed E-state index contributed by atoms with van der Waals surface area (Å²) in [5.41, 5.74) is 25.3. The van der Waals surface area contributed by atoms with Gasteiger partial charge in [-0.15, -0.1) is 0 Å². The molecule has 0 saturated carbocycles. The highest BCUT2D eigenvalue weighted by Gasteiger charge is 2.65. The van der Waals surface area contributed by atoms with E-state index in [-0.39, 0.29) is 44.9 Å². The third-order valence-corrected chi connectivity index (χ3v) is 19.4. The Kier molecular flexibility index (Phi) is 8.73. The van der Waals surface area contributed by atoms with E-state index in [0.29, 0.717) is 0 Å². The molecule has 0 saturated heterocycles. The molecule has 4 aliphatic heterocycles. The van der Waals surface area contributed by atoms with Crippen LogP contribution in [0.4, 0.5) is 39.8 Å². The van der Waals surface area contributed by atoms with Crippen LogP contribution in [0.5, 0.6) is 0 Å². The molecule has 7 aromatic carbocycles. The zero-order valence-electron chi connectivity index (χ0n) is 44.0. The third-order valence-electron chi connectivity index (χ3n) is 19.4. The Morgan fingerprint density at radius 1 is 0.414 bits per heavy atom. The summed E-state index contributed by atoms with van der Waals surface area (Å²) in [6.45, 7) is 31.8. The maximum atomic E-state index is 2.91. The van der Waals surface area contributed by atoms with Crippen LogP contribution in [-0.4, -0.2) is 6.71 Å². The fraction of sp³-hybridized carbons (Fsp3) is 0.364. The van der Waals surface area contributed by atoms with Crippen LogP contribution in [0.1, 0.15) is 153 Å². The summed E-state index contributed by atoms with van der Waals surface area (Å²) in [5.74, 6) is 0. The third kappa shape index (κ3) is 5.44. The second-order valence-electron chi connectivity index (χ2n) is 26.0. The van der Waals surface area contributed by atoms with Gasteiger partial charge in [-0.2, -0.15) is 0 Å². The molecule has 3 nitrogen and oxygen atoms in total. The molecule has 0 fully saturated rings. The number of anilines is 7. The van der Waals surface area contributed by atoms with Gasteiger partial charge in [0.1, 0.15) is 0 Å². The predicted molar refractivity (Wildman–Crippen MR) is 298 cm³/mol. The van der Waals surface area contributed by atoms with Crippen molar-refractivity contribution in [1.82, 2.24) is 0 Å². The van der Waals surface area contributed by atoms with Crippen LogP contribution >= 0.6 is 0 Å². The summed E-state index contributed by atoms with van der Waals surface area (Å²) in [7, 11) is 0. The van der Waals surface area contributed by atoms with E-state index in [9.17, 15) is 0 Å². The highest BCUT2D eigenvalue weighted by atomic mass is 15.3. The lowest BCUT2D eigenvalue weighted by atomic mass is 9.33. The quantitative estimate of drug-likeness (QED) is 0.160. The molecule has 4 heterocycles. The van der Waals surface area contributed by atoms with Gasteiger partial charge in [0.25, 0.3) is 6.71 Å². The lowest BCUT2D eigenvalue weighted by molar-refractivity contribution is 0.244. The van der Waals surface area contributed by atoms with Crippen molar-refractivity contribution in [2.24, 2.45) is 0 Å². The number of aryl methyl sites for hydroxylation is 2. The zero-order chi connectivity index (χ0) is 48.9. The summed E-state index contributed by atoms with van der Waals surface area (Å²) in [6, 6.07) is 55.9. The monoisotopic (exact) mass is 916 g/mol. The van der Waals surface area contributed by atoms with E-state index in [1.54, 1.807) is 0 Å².